The number of unbranched alkanes of at least 4 members (excludes halogenated alkanes) is 1. The van der Waals surface area contributed by atoms with Gasteiger partial charge >= 0.3 is 0 Å². The molecule has 2 heteroatoms. The second-order valence-corrected chi connectivity index (χ2v) is 5.12. The van der Waals surface area contributed by atoms with Crippen LogP contribution in [-0.2, 0) is 4.74 Å². The third-order valence-corrected chi connectivity index (χ3v) is 3.96. The standard InChI is InChI=1S/C13H27NO/c1-4-6-7-12(5-2)10-13(14)8-9-15-11(13)3/h11-12H,4-10,14H2,1-3H3. The number of nitrogens with two attached hydrogens (primary N) is 1. The predicted octanol–water partition coefficient (Wildman–Crippen LogP) is 3.10. The summed E-state index contributed by atoms with van der Waals surface area (Å²) in [6, 6.07) is 0. The molecule has 0 aromatic rings. The largest absolute Gasteiger partial charge is 0.377 e. The predicted molar refractivity (Wildman–Crippen MR) is 64.9 cm³/mol. The fourth-order valence-electron chi connectivity index (χ4n) is 2.54. The van der Waals surface area contributed by atoms with Crippen LogP contribution in [-0.4, -0.2) is 18.2 Å². The van der Waals surface area contributed by atoms with Crippen molar-refractivity contribution >= 4 is 0 Å². The maximum absolute atomic E-state index is 6.43. The first-order valence-corrected chi connectivity index (χ1v) is 6.53. The second kappa shape index (κ2) is 5.86. The lowest BCUT2D eigenvalue weighted by atomic mass is 9.80. The molecule has 2 N–H and O–H groups in total. The summed E-state index contributed by atoms with van der Waals surface area (Å²) in [5.74, 6) is 0.791. The van der Waals surface area contributed by atoms with Crippen LogP contribution >= 0.6 is 0 Å². The maximum atomic E-state index is 6.43. The van der Waals surface area contributed by atoms with E-state index in [4.69, 9.17) is 10.5 Å². The molecule has 1 heterocycles. The van der Waals surface area contributed by atoms with Gasteiger partial charge in [0.2, 0.25) is 0 Å². The molecule has 2 nitrogen and oxygen atoms in total. The van der Waals surface area contributed by atoms with Crippen LogP contribution in [0.3, 0.4) is 0 Å². The Morgan fingerprint density at radius 1 is 1.47 bits per heavy atom. The first-order valence-electron chi connectivity index (χ1n) is 6.53. The van der Waals surface area contributed by atoms with Crippen molar-refractivity contribution in [3.05, 3.63) is 0 Å². The van der Waals surface area contributed by atoms with E-state index in [9.17, 15) is 0 Å². The quantitative estimate of drug-likeness (QED) is 0.736. The van der Waals surface area contributed by atoms with Gasteiger partial charge in [-0.2, -0.15) is 0 Å². The molecule has 3 unspecified atom stereocenters. The van der Waals surface area contributed by atoms with E-state index in [2.05, 4.69) is 20.8 Å². The van der Waals surface area contributed by atoms with Crippen LogP contribution in [0.5, 0.6) is 0 Å². The lowest BCUT2D eigenvalue weighted by Crippen LogP contribution is -2.47. The zero-order valence-electron chi connectivity index (χ0n) is 10.6. The van der Waals surface area contributed by atoms with Crippen molar-refractivity contribution in [3.63, 3.8) is 0 Å². The minimum Gasteiger partial charge on any atom is -0.377 e. The summed E-state index contributed by atoms with van der Waals surface area (Å²) >= 11 is 0. The molecule has 90 valence electrons. The molecular formula is C13H27NO. The van der Waals surface area contributed by atoms with E-state index >= 15 is 0 Å². The molecule has 1 aliphatic rings. The fraction of sp³-hybridized carbons (Fsp3) is 1.00. The summed E-state index contributed by atoms with van der Waals surface area (Å²) in [5, 5.41) is 0. The molecule has 1 saturated heterocycles. The lowest BCUT2D eigenvalue weighted by molar-refractivity contribution is 0.0860. The Morgan fingerprint density at radius 3 is 2.67 bits per heavy atom. The number of ether oxygens (including phenoxy) is 1. The monoisotopic (exact) mass is 213 g/mol. The highest BCUT2D eigenvalue weighted by atomic mass is 16.5. The Balaban J connectivity index is 2.42. The second-order valence-electron chi connectivity index (χ2n) is 5.12. The van der Waals surface area contributed by atoms with Crippen molar-refractivity contribution in [2.24, 2.45) is 11.7 Å². The zero-order chi connectivity index (χ0) is 11.3. The number of hydrogen-bond acceptors (Lipinski definition) is 2. The van der Waals surface area contributed by atoms with Gasteiger partial charge in [0.25, 0.3) is 0 Å². The normalized spacial score (nSPS) is 33.2. The van der Waals surface area contributed by atoms with E-state index in [1.54, 1.807) is 0 Å². The third kappa shape index (κ3) is 3.46. The van der Waals surface area contributed by atoms with Gasteiger partial charge in [-0.15, -0.1) is 0 Å². The van der Waals surface area contributed by atoms with E-state index in [0.29, 0.717) is 0 Å². The smallest absolute Gasteiger partial charge is 0.0727 e. The van der Waals surface area contributed by atoms with Crippen LogP contribution < -0.4 is 5.73 Å². The molecule has 0 bridgehead atoms. The van der Waals surface area contributed by atoms with Crippen molar-refractivity contribution in [1.29, 1.82) is 0 Å². The number of rotatable bonds is 6. The van der Waals surface area contributed by atoms with E-state index in [1.807, 2.05) is 0 Å². The molecule has 3 atom stereocenters. The van der Waals surface area contributed by atoms with Crippen molar-refractivity contribution < 1.29 is 4.74 Å². The van der Waals surface area contributed by atoms with Gasteiger partial charge in [0.15, 0.2) is 0 Å². The maximum Gasteiger partial charge on any atom is 0.0727 e. The molecule has 0 saturated carbocycles. The van der Waals surface area contributed by atoms with Gasteiger partial charge in [-0.3, -0.25) is 0 Å². The lowest BCUT2D eigenvalue weighted by Gasteiger charge is -2.31. The highest BCUT2D eigenvalue weighted by molar-refractivity contribution is 4.95. The van der Waals surface area contributed by atoms with E-state index < -0.39 is 0 Å². The van der Waals surface area contributed by atoms with E-state index in [1.165, 1.54) is 25.7 Å². The van der Waals surface area contributed by atoms with Crippen LogP contribution in [0.1, 0.15) is 59.3 Å². The first kappa shape index (κ1) is 13.0. The highest BCUT2D eigenvalue weighted by Gasteiger charge is 2.38. The van der Waals surface area contributed by atoms with E-state index in [-0.39, 0.29) is 11.6 Å². The minimum atomic E-state index is -0.0472. The Morgan fingerprint density at radius 2 is 2.20 bits per heavy atom. The van der Waals surface area contributed by atoms with Gasteiger partial charge in [-0.05, 0) is 25.7 Å². The molecule has 15 heavy (non-hydrogen) atoms. The van der Waals surface area contributed by atoms with E-state index in [0.717, 1.165) is 25.4 Å². The molecule has 1 aliphatic heterocycles. The van der Waals surface area contributed by atoms with Crippen molar-refractivity contribution in [2.45, 2.75) is 70.9 Å². The SMILES string of the molecule is CCCCC(CC)CC1(N)CCOC1C. The first-order chi connectivity index (χ1) is 7.12. The summed E-state index contributed by atoms with van der Waals surface area (Å²) in [5.41, 5.74) is 6.38. The Labute approximate surface area is 94.6 Å². The summed E-state index contributed by atoms with van der Waals surface area (Å²) in [6.45, 7) is 7.51. The highest BCUT2D eigenvalue weighted by Crippen LogP contribution is 2.32. The summed E-state index contributed by atoms with van der Waals surface area (Å²) < 4.78 is 5.59. The molecule has 0 aromatic heterocycles. The topological polar surface area (TPSA) is 35.2 Å². The molecular weight excluding hydrogens is 186 g/mol. The third-order valence-electron chi connectivity index (χ3n) is 3.96. The average molecular weight is 213 g/mol. The van der Waals surface area contributed by atoms with Crippen LogP contribution in [0, 0.1) is 5.92 Å². The average Bonchev–Trinajstić information content (AvgIpc) is 2.54. The Hall–Kier alpha value is -0.0800. The van der Waals surface area contributed by atoms with Gasteiger partial charge in [-0.1, -0.05) is 39.5 Å². The van der Waals surface area contributed by atoms with Crippen molar-refractivity contribution in [2.75, 3.05) is 6.61 Å². The van der Waals surface area contributed by atoms with Crippen molar-refractivity contribution in [1.82, 2.24) is 0 Å². The molecule has 0 spiro atoms. The van der Waals surface area contributed by atoms with Crippen molar-refractivity contribution in [3.8, 4) is 0 Å². The minimum absolute atomic E-state index is 0.0472. The van der Waals surface area contributed by atoms with Gasteiger partial charge in [0.1, 0.15) is 0 Å². The van der Waals surface area contributed by atoms with Crippen LogP contribution in [0.15, 0.2) is 0 Å². The van der Waals surface area contributed by atoms with Gasteiger partial charge < -0.3 is 10.5 Å². The molecule has 0 aliphatic carbocycles. The van der Waals surface area contributed by atoms with Crippen LogP contribution in [0.4, 0.5) is 0 Å². The van der Waals surface area contributed by atoms with Crippen LogP contribution in [0.25, 0.3) is 0 Å². The summed E-state index contributed by atoms with van der Waals surface area (Å²) in [4.78, 5) is 0. The summed E-state index contributed by atoms with van der Waals surface area (Å²) in [6.07, 6.45) is 7.64. The van der Waals surface area contributed by atoms with Gasteiger partial charge in [0, 0.05) is 12.1 Å². The molecule has 0 aromatic carbocycles. The molecule has 0 radical (unpaired) electrons. The zero-order valence-corrected chi connectivity index (χ0v) is 10.6. The van der Waals surface area contributed by atoms with Gasteiger partial charge in [-0.25, -0.2) is 0 Å². The molecule has 1 fully saturated rings. The Bertz CT molecular complexity index is 183. The molecule has 1 rings (SSSR count). The van der Waals surface area contributed by atoms with Crippen LogP contribution in [0.2, 0.25) is 0 Å². The molecule has 0 amide bonds. The number of hydrogen-bond donors (Lipinski definition) is 1. The van der Waals surface area contributed by atoms with Gasteiger partial charge in [0.05, 0.1) is 6.10 Å². The summed E-state index contributed by atoms with van der Waals surface area (Å²) in [7, 11) is 0. The Kier molecular flexibility index (Phi) is 5.07. The fourth-order valence-corrected chi connectivity index (χ4v) is 2.54.